The summed E-state index contributed by atoms with van der Waals surface area (Å²) in [5, 5.41) is 26.3. The molecule has 0 unspecified atom stereocenters. The van der Waals surface area contributed by atoms with Crippen molar-refractivity contribution >= 4 is 6.03 Å². The Morgan fingerprint density at radius 1 is 0.870 bits per heavy atom. The molecule has 8 heteroatoms. The zero-order valence-corrected chi connectivity index (χ0v) is 26.8. The number of aliphatic hydroxyl groups is 2. The van der Waals surface area contributed by atoms with Crippen molar-refractivity contribution in [3.63, 3.8) is 0 Å². The number of aliphatic hydroxyl groups excluding tert-OH is 2. The van der Waals surface area contributed by atoms with Gasteiger partial charge in [0.05, 0.1) is 24.9 Å². The molecule has 0 aromatic heterocycles. The molecule has 5 atom stereocenters. The average molecular weight is 624 g/mol. The van der Waals surface area contributed by atoms with E-state index in [1.54, 1.807) is 0 Å². The number of ether oxygens (including phenoxy) is 2. The Labute approximate surface area is 272 Å². The van der Waals surface area contributed by atoms with Crippen LogP contribution >= 0.6 is 0 Å². The van der Waals surface area contributed by atoms with Crippen molar-refractivity contribution in [3.8, 4) is 11.1 Å². The van der Waals surface area contributed by atoms with E-state index < -0.39 is 12.4 Å². The molecule has 4 aromatic rings. The van der Waals surface area contributed by atoms with Crippen molar-refractivity contribution in [1.82, 2.24) is 15.5 Å². The van der Waals surface area contributed by atoms with Crippen molar-refractivity contribution < 1.29 is 24.5 Å². The lowest BCUT2D eigenvalue weighted by molar-refractivity contribution is -0.253. The highest BCUT2D eigenvalue weighted by molar-refractivity contribution is 5.74. The highest BCUT2D eigenvalue weighted by atomic mass is 16.7. The maximum atomic E-state index is 11.9. The van der Waals surface area contributed by atoms with Gasteiger partial charge in [0.1, 0.15) is 0 Å². The Morgan fingerprint density at radius 3 is 2.30 bits per heavy atom. The Bertz CT molecular complexity index is 1550. The number of urea groups is 1. The predicted octanol–water partition coefficient (Wildman–Crippen LogP) is 6.26. The number of amides is 2. The zero-order valence-electron chi connectivity index (χ0n) is 26.8. The third kappa shape index (κ3) is 8.60. The van der Waals surface area contributed by atoms with Crippen LogP contribution in [0.2, 0.25) is 0 Å². The molecule has 1 fully saturated rings. The van der Waals surface area contributed by atoms with Crippen molar-refractivity contribution in [3.05, 3.63) is 131 Å². The number of rotatable bonds is 12. The van der Waals surface area contributed by atoms with E-state index in [9.17, 15) is 15.0 Å². The Balaban J connectivity index is 1.36. The number of hydrogen-bond donors (Lipinski definition) is 4. The lowest BCUT2D eigenvalue weighted by Crippen LogP contribution is -2.43. The van der Waals surface area contributed by atoms with Crippen LogP contribution in [-0.2, 0) is 22.6 Å². The second-order valence-corrected chi connectivity index (χ2v) is 11.9. The molecule has 0 bridgehead atoms. The first-order chi connectivity index (χ1) is 22.3. The lowest BCUT2D eigenvalue weighted by Gasteiger charge is -2.39. The van der Waals surface area contributed by atoms with Gasteiger partial charge in [-0.15, -0.1) is 0 Å². The maximum Gasteiger partial charge on any atom is 0.315 e. The summed E-state index contributed by atoms with van der Waals surface area (Å²) >= 11 is 0. The van der Waals surface area contributed by atoms with E-state index in [0.717, 1.165) is 38.9 Å². The van der Waals surface area contributed by atoms with Crippen molar-refractivity contribution in [2.24, 2.45) is 0 Å². The molecule has 8 nitrogen and oxygen atoms in total. The summed E-state index contributed by atoms with van der Waals surface area (Å²) in [6, 6.07) is 33.6. The van der Waals surface area contributed by atoms with Crippen LogP contribution in [0.3, 0.4) is 0 Å². The number of carbonyl (C=O) groups excluding carboxylic acids is 1. The summed E-state index contributed by atoms with van der Waals surface area (Å²) in [5.41, 5.74) is 6.72. The number of benzene rings is 4. The smallest absolute Gasteiger partial charge is 0.315 e. The van der Waals surface area contributed by atoms with E-state index in [2.05, 4.69) is 39.8 Å². The molecule has 0 aliphatic carbocycles. The minimum atomic E-state index is -0.632. The summed E-state index contributed by atoms with van der Waals surface area (Å²) < 4.78 is 13.3. The molecule has 1 aliphatic rings. The van der Waals surface area contributed by atoms with Crippen LogP contribution in [-0.4, -0.2) is 53.4 Å². The number of likely N-dealkylation sites (N-methyl/N-ethyl adjacent to an activating group) is 1. The summed E-state index contributed by atoms with van der Waals surface area (Å²) in [6.45, 7) is 5.52. The average Bonchev–Trinajstić information content (AvgIpc) is 3.10. The fraction of sp³-hybridized carbons (Fsp3) is 0.342. The van der Waals surface area contributed by atoms with E-state index in [4.69, 9.17) is 9.47 Å². The van der Waals surface area contributed by atoms with Crippen molar-refractivity contribution in [1.29, 1.82) is 0 Å². The molecule has 1 aliphatic heterocycles. The fourth-order valence-electron chi connectivity index (χ4n) is 5.82. The molecule has 2 amide bonds. The Morgan fingerprint density at radius 2 is 1.59 bits per heavy atom. The van der Waals surface area contributed by atoms with Crippen LogP contribution in [0.25, 0.3) is 11.1 Å². The van der Waals surface area contributed by atoms with Gasteiger partial charge >= 0.3 is 6.03 Å². The maximum absolute atomic E-state index is 11.9. The number of hydrogen-bond acceptors (Lipinski definition) is 6. The predicted molar refractivity (Wildman–Crippen MR) is 180 cm³/mol. The van der Waals surface area contributed by atoms with Crippen LogP contribution in [0.15, 0.2) is 103 Å². The van der Waals surface area contributed by atoms with E-state index >= 15 is 0 Å². The van der Waals surface area contributed by atoms with Crippen molar-refractivity contribution in [2.75, 3.05) is 20.1 Å². The minimum Gasteiger partial charge on any atom is -0.392 e. The molecular weight excluding hydrogens is 578 g/mol. The Kier molecular flexibility index (Phi) is 11.6. The van der Waals surface area contributed by atoms with Gasteiger partial charge in [-0.05, 0) is 66.4 Å². The first-order valence-electron chi connectivity index (χ1n) is 16.0. The lowest BCUT2D eigenvalue weighted by atomic mass is 9.97. The van der Waals surface area contributed by atoms with E-state index in [1.807, 2.05) is 99.8 Å². The molecule has 5 rings (SSSR count). The van der Waals surface area contributed by atoms with E-state index in [-0.39, 0.29) is 30.9 Å². The molecule has 1 heterocycles. The third-order valence-corrected chi connectivity index (χ3v) is 8.61. The number of carbonyl (C=O) groups is 1. The summed E-state index contributed by atoms with van der Waals surface area (Å²) in [7, 11) is 2.02. The molecule has 242 valence electrons. The highest BCUT2D eigenvalue weighted by Gasteiger charge is 2.34. The second-order valence-electron chi connectivity index (χ2n) is 11.9. The highest BCUT2D eigenvalue weighted by Crippen LogP contribution is 2.39. The SMILES string of the molecule is CCNC(=O)NCc1cccc(-c2cccc([C@H]3O[C@@H](CN(C)[C@H](C)[C@@H](O)c4ccccc4)C[C@@H](c4ccc(CO)cc4)O3)c2)c1. The summed E-state index contributed by atoms with van der Waals surface area (Å²) in [6.07, 6.45) is -0.970. The quantitative estimate of drug-likeness (QED) is 0.149. The van der Waals surface area contributed by atoms with Gasteiger partial charge in [0.15, 0.2) is 6.29 Å². The van der Waals surface area contributed by atoms with Gasteiger partial charge in [-0.3, -0.25) is 4.90 Å². The van der Waals surface area contributed by atoms with Crippen molar-refractivity contribution in [2.45, 2.75) is 64.1 Å². The fourth-order valence-corrected chi connectivity index (χ4v) is 5.82. The van der Waals surface area contributed by atoms with Crippen LogP contribution in [0, 0.1) is 0 Å². The molecule has 46 heavy (non-hydrogen) atoms. The van der Waals surface area contributed by atoms with Gasteiger partial charge in [-0.2, -0.15) is 0 Å². The monoisotopic (exact) mass is 623 g/mol. The van der Waals surface area contributed by atoms with Gasteiger partial charge in [-0.1, -0.05) is 91.0 Å². The second kappa shape index (κ2) is 16.0. The standard InChI is InChI=1S/C38H45N3O5/c1-4-39-38(44)40-23-28-10-8-13-31(20-28)32-14-9-15-33(21-32)37-45-34(22-35(46-37)29-18-16-27(25-42)17-19-29)24-41(3)26(2)36(43)30-11-6-5-7-12-30/h5-21,26,34-37,42-43H,4,22-25H2,1-3H3,(H2,39,40,44)/t26-,34-,35+,36-,37+/m1/s1. The number of nitrogens with zero attached hydrogens (tertiary/aromatic N) is 1. The zero-order chi connectivity index (χ0) is 32.5. The van der Waals surface area contributed by atoms with Gasteiger partial charge < -0.3 is 30.3 Å². The first-order valence-corrected chi connectivity index (χ1v) is 16.0. The van der Waals surface area contributed by atoms with Crippen LogP contribution in [0.4, 0.5) is 4.79 Å². The largest absolute Gasteiger partial charge is 0.392 e. The van der Waals surface area contributed by atoms with Crippen LogP contribution in [0.5, 0.6) is 0 Å². The third-order valence-electron chi connectivity index (χ3n) is 8.61. The molecule has 0 saturated carbocycles. The van der Waals surface area contributed by atoms with E-state index in [1.165, 1.54) is 0 Å². The summed E-state index contributed by atoms with van der Waals surface area (Å²) in [5.74, 6) is 0. The minimum absolute atomic E-state index is 0.0113. The van der Waals surface area contributed by atoms with Gasteiger partial charge in [-0.25, -0.2) is 4.79 Å². The van der Waals surface area contributed by atoms with Crippen LogP contribution < -0.4 is 10.6 Å². The topological polar surface area (TPSA) is 103 Å². The van der Waals surface area contributed by atoms with Crippen LogP contribution in [0.1, 0.15) is 66.6 Å². The van der Waals surface area contributed by atoms with Gasteiger partial charge in [0.2, 0.25) is 0 Å². The molecule has 0 spiro atoms. The molecular formula is C38H45N3O5. The first kappa shape index (κ1) is 33.3. The molecule has 4 N–H and O–H groups in total. The van der Waals surface area contributed by atoms with E-state index in [0.29, 0.717) is 26.1 Å². The number of nitrogens with one attached hydrogen (secondary N) is 2. The molecule has 4 aromatic carbocycles. The molecule has 1 saturated heterocycles. The summed E-state index contributed by atoms with van der Waals surface area (Å²) in [4.78, 5) is 14.1. The normalized spacial score (nSPS) is 19.4. The van der Waals surface area contributed by atoms with Gasteiger partial charge in [0.25, 0.3) is 0 Å². The Hall–Kier alpha value is -4.05. The molecule has 0 radical (unpaired) electrons. The van der Waals surface area contributed by atoms with Gasteiger partial charge in [0, 0.05) is 37.7 Å².